The van der Waals surface area contributed by atoms with Gasteiger partial charge in [-0.2, -0.15) is 0 Å². The van der Waals surface area contributed by atoms with Gasteiger partial charge in [0.25, 0.3) is 0 Å². The zero-order valence-electron chi connectivity index (χ0n) is 4.11. The van der Waals surface area contributed by atoms with Crippen molar-refractivity contribution in [3.63, 3.8) is 0 Å². The second-order valence-electron chi connectivity index (χ2n) is 0.621. The van der Waals surface area contributed by atoms with Crippen molar-refractivity contribution in [2.75, 3.05) is 6.61 Å². The van der Waals surface area contributed by atoms with Crippen LogP contribution in [-0.2, 0) is 14.4 Å². The molecule has 0 spiro atoms. The van der Waals surface area contributed by atoms with Crippen molar-refractivity contribution in [2.45, 2.75) is 0 Å². The summed E-state index contributed by atoms with van der Waals surface area (Å²) in [5.74, 6) is 0. The van der Waals surface area contributed by atoms with Crippen LogP contribution >= 0.6 is 0 Å². The largest absolute Gasteiger partial charge is 0.389 e. The monoisotopic (exact) mass is 118 g/mol. The molecule has 1 N–H and O–H groups in total. The molecule has 0 saturated carbocycles. The van der Waals surface area contributed by atoms with E-state index in [4.69, 9.17) is 19.5 Å². The number of aliphatic hydroxyl groups is 1. The highest BCUT2D eigenvalue weighted by atomic mass is 16.3. The topological polar surface area (TPSA) is 71.4 Å². The first kappa shape index (κ1) is 10.1. The summed E-state index contributed by atoms with van der Waals surface area (Å²) >= 11 is 0. The first-order valence-corrected chi connectivity index (χ1v) is 1.76. The number of carbonyl (C=O) groups is 3. The molecular formula is C4H6O4. The summed E-state index contributed by atoms with van der Waals surface area (Å²) in [6, 6.07) is 0. The first-order valence-electron chi connectivity index (χ1n) is 1.76. The van der Waals surface area contributed by atoms with Crippen LogP contribution in [0.3, 0.4) is 0 Å². The van der Waals surface area contributed by atoms with Gasteiger partial charge >= 0.3 is 0 Å². The summed E-state index contributed by atoms with van der Waals surface area (Å²) in [7, 11) is 0. The Kier molecular flexibility index (Phi) is 21.0. The molecule has 4 heteroatoms. The van der Waals surface area contributed by atoms with Gasteiger partial charge in [-0.1, -0.05) is 0 Å². The molecule has 8 heavy (non-hydrogen) atoms. The van der Waals surface area contributed by atoms with Crippen molar-refractivity contribution in [2.24, 2.45) is 0 Å². The predicted octanol–water partition coefficient (Wildman–Crippen LogP) is -1.44. The van der Waals surface area contributed by atoms with Crippen LogP contribution in [0.4, 0.5) is 0 Å². The number of carbonyl (C=O) groups excluding carboxylic acids is 3. The van der Waals surface area contributed by atoms with E-state index in [2.05, 4.69) is 0 Å². The van der Waals surface area contributed by atoms with Crippen molar-refractivity contribution in [1.29, 1.82) is 0 Å². The molecule has 0 aromatic carbocycles. The Hall–Kier alpha value is -1.03. The van der Waals surface area contributed by atoms with Gasteiger partial charge < -0.3 is 9.90 Å². The Balaban J connectivity index is 0. The van der Waals surface area contributed by atoms with Crippen LogP contribution in [0.2, 0.25) is 0 Å². The molecule has 0 amide bonds. The minimum Gasteiger partial charge on any atom is -0.389 e. The molecule has 0 radical (unpaired) electrons. The zero-order chi connectivity index (χ0) is 6.83. The Morgan fingerprint density at radius 3 is 1.38 bits per heavy atom. The SMILES string of the molecule is O=CC=O.O=CCO. The van der Waals surface area contributed by atoms with Gasteiger partial charge in [0.2, 0.25) is 0 Å². The van der Waals surface area contributed by atoms with Crippen molar-refractivity contribution in [3.8, 4) is 0 Å². The molecule has 0 atom stereocenters. The third-order valence-electron chi connectivity index (χ3n) is 0.130. The second kappa shape index (κ2) is 16.7. The van der Waals surface area contributed by atoms with Crippen LogP contribution in [-0.4, -0.2) is 30.6 Å². The molecule has 0 aromatic rings. The highest BCUT2D eigenvalue weighted by molar-refractivity contribution is 6.09. The van der Waals surface area contributed by atoms with E-state index in [0.717, 1.165) is 0 Å². The van der Waals surface area contributed by atoms with E-state index in [0.29, 0.717) is 6.29 Å². The average Bonchev–Trinajstić information content (AvgIpc) is 1.88. The van der Waals surface area contributed by atoms with Crippen LogP contribution in [0.15, 0.2) is 0 Å². The van der Waals surface area contributed by atoms with Gasteiger partial charge in [0.15, 0.2) is 12.6 Å². The van der Waals surface area contributed by atoms with E-state index in [1.807, 2.05) is 0 Å². The lowest BCUT2D eigenvalue weighted by Gasteiger charge is -1.54. The molecule has 0 fully saturated rings. The van der Waals surface area contributed by atoms with Crippen LogP contribution in [0, 0.1) is 0 Å². The Morgan fingerprint density at radius 1 is 1.12 bits per heavy atom. The van der Waals surface area contributed by atoms with E-state index in [-0.39, 0.29) is 19.2 Å². The van der Waals surface area contributed by atoms with E-state index in [1.165, 1.54) is 0 Å². The highest BCUT2D eigenvalue weighted by Crippen LogP contribution is 1.27. The lowest BCUT2D eigenvalue weighted by atomic mass is 10.9. The van der Waals surface area contributed by atoms with Crippen LogP contribution in [0.5, 0.6) is 0 Å². The summed E-state index contributed by atoms with van der Waals surface area (Å²) in [4.78, 5) is 26.5. The lowest BCUT2D eigenvalue weighted by Crippen LogP contribution is -1.75. The highest BCUT2D eigenvalue weighted by Gasteiger charge is 1.53. The number of rotatable bonds is 2. The maximum absolute atomic E-state index is 8.92. The normalized spacial score (nSPS) is 5.62. The fourth-order valence-corrected chi connectivity index (χ4v) is 0. The van der Waals surface area contributed by atoms with Gasteiger partial charge in [0.1, 0.15) is 6.29 Å². The fourth-order valence-electron chi connectivity index (χ4n) is 0. The van der Waals surface area contributed by atoms with Crippen molar-refractivity contribution >= 4 is 18.9 Å². The summed E-state index contributed by atoms with van der Waals surface area (Å²) in [5, 5.41) is 7.51. The Labute approximate surface area is 46.1 Å². The molecule has 0 heterocycles. The number of aldehydes is 3. The minimum atomic E-state index is -0.361. The first-order chi connectivity index (χ1) is 3.83. The van der Waals surface area contributed by atoms with Gasteiger partial charge in [-0.3, -0.25) is 9.59 Å². The molecule has 0 aliphatic rings. The Bertz CT molecular complexity index is 62.4. The van der Waals surface area contributed by atoms with Crippen molar-refractivity contribution in [3.05, 3.63) is 0 Å². The molecule has 0 bridgehead atoms. The molecule has 0 aliphatic heterocycles. The molecule has 0 aliphatic carbocycles. The standard InChI is InChI=1S/C2H4O2.C2H2O2/c2*3-1-2-4/h1,4H,2H2;1-2H. The van der Waals surface area contributed by atoms with Crippen molar-refractivity contribution in [1.82, 2.24) is 0 Å². The molecule has 0 saturated heterocycles. The minimum absolute atomic E-state index is 0.194. The van der Waals surface area contributed by atoms with Gasteiger partial charge in [0.05, 0.1) is 6.61 Å². The van der Waals surface area contributed by atoms with E-state index in [1.54, 1.807) is 0 Å². The summed E-state index contributed by atoms with van der Waals surface area (Å²) in [6.45, 7) is -0.361. The molecule has 0 rings (SSSR count). The lowest BCUT2D eigenvalue weighted by molar-refractivity contribution is -0.122. The van der Waals surface area contributed by atoms with Crippen LogP contribution in [0.1, 0.15) is 0 Å². The second-order valence-corrected chi connectivity index (χ2v) is 0.621. The third-order valence-corrected chi connectivity index (χ3v) is 0.130. The molecule has 0 aromatic heterocycles. The smallest absolute Gasteiger partial charge is 0.182 e. The quantitative estimate of drug-likeness (QED) is 0.356. The summed E-state index contributed by atoms with van der Waals surface area (Å²) < 4.78 is 0. The molecule has 0 unspecified atom stereocenters. The zero-order valence-corrected chi connectivity index (χ0v) is 4.11. The van der Waals surface area contributed by atoms with E-state index < -0.39 is 0 Å². The molecule has 4 nitrogen and oxygen atoms in total. The number of hydrogen-bond acceptors (Lipinski definition) is 4. The summed E-state index contributed by atoms with van der Waals surface area (Å²) in [5.41, 5.74) is 0. The predicted molar refractivity (Wildman–Crippen MR) is 25.3 cm³/mol. The van der Waals surface area contributed by atoms with Gasteiger partial charge in [0, 0.05) is 0 Å². The maximum atomic E-state index is 8.92. The average molecular weight is 118 g/mol. The molecular weight excluding hydrogens is 112 g/mol. The number of aliphatic hydroxyl groups excluding tert-OH is 1. The van der Waals surface area contributed by atoms with E-state index >= 15 is 0 Å². The summed E-state index contributed by atoms with van der Waals surface area (Å²) in [6.07, 6.45) is 0.819. The van der Waals surface area contributed by atoms with Gasteiger partial charge in [-0.05, 0) is 0 Å². The van der Waals surface area contributed by atoms with Gasteiger partial charge in [-0.15, -0.1) is 0 Å². The van der Waals surface area contributed by atoms with Crippen LogP contribution in [0.25, 0.3) is 0 Å². The Morgan fingerprint density at radius 2 is 1.38 bits per heavy atom. The van der Waals surface area contributed by atoms with Crippen LogP contribution < -0.4 is 0 Å². The van der Waals surface area contributed by atoms with E-state index in [9.17, 15) is 0 Å². The number of hydrogen-bond donors (Lipinski definition) is 1. The third kappa shape index (κ3) is 83.3. The maximum Gasteiger partial charge on any atom is 0.182 e. The fraction of sp³-hybridized carbons (Fsp3) is 0.250. The van der Waals surface area contributed by atoms with Gasteiger partial charge in [-0.25, -0.2) is 0 Å². The van der Waals surface area contributed by atoms with Crippen molar-refractivity contribution < 1.29 is 19.5 Å². The molecule has 46 valence electrons.